The van der Waals surface area contributed by atoms with E-state index in [1.165, 1.54) is 24.3 Å². The molecule has 11 heteroatoms. The molecule has 4 rings (SSSR count). The monoisotopic (exact) mass is 575 g/mol. The first-order chi connectivity index (χ1) is 19.2. The van der Waals surface area contributed by atoms with Crippen LogP contribution in [0.2, 0.25) is 5.02 Å². The molecular weight excluding hydrogens is 547 g/mol. The van der Waals surface area contributed by atoms with Crippen LogP contribution in [0.3, 0.4) is 0 Å². The summed E-state index contributed by atoms with van der Waals surface area (Å²) in [4.78, 5) is 28.5. The van der Waals surface area contributed by atoms with Gasteiger partial charge < -0.3 is 25.0 Å². The Hall–Kier alpha value is -3.76. The minimum Gasteiger partial charge on any atom is -0.406 e. The Morgan fingerprint density at radius 1 is 0.925 bits per heavy atom. The predicted octanol–water partition coefficient (Wildman–Crippen LogP) is 5.54. The van der Waals surface area contributed by atoms with Gasteiger partial charge in [0, 0.05) is 36.8 Å². The van der Waals surface area contributed by atoms with Crippen molar-refractivity contribution >= 4 is 29.1 Å². The molecule has 0 spiro atoms. The van der Waals surface area contributed by atoms with Crippen LogP contribution in [0.4, 0.5) is 18.9 Å². The van der Waals surface area contributed by atoms with Crippen LogP contribution in [0.5, 0.6) is 5.75 Å². The van der Waals surface area contributed by atoms with Crippen LogP contribution in [0.1, 0.15) is 29.5 Å². The maximum absolute atomic E-state index is 13.7. The number of anilines is 1. The molecule has 1 aliphatic heterocycles. The zero-order chi connectivity index (χ0) is 28.5. The van der Waals surface area contributed by atoms with Gasteiger partial charge in [-0.2, -0.15) is 0 Å². The quantitative estimate of drug-likeness (QED) is 0.332. The Balaban J connectivity index is 1.50. The SMILES string of the molecule is O=C(N[C@H](CNc1ccc(OC(F)(F)F)cc1)c1ccccc1)[C@H](CC(=O)N1CCOCC1)c1ccc(Cl)cc1. The number of rotatable bonds is 10. The third-order valence-electron chi connectivity index (χ3n) is 6.45. The lowest BCUT2D eigenvalue weighted by Gasteiger charge is -2.29. The Labute approximate surface area is 235 Å². The lowest BCUT2D eigenvalue weighted by molar-refractivity contribution is -0.274. The maximum atomic E-state index is 13.7. The Morgan fingerprint density at radius 2 is 1.57 bits per heavy atom. The van der Waals surface area contributed by atoms with Gasteiger partial charge in [-0.25, -0.2) is 0 Å². The van der Waals surface area contributed by atoms with E-state index in [0.717, 1.165) is 5.56 Å². The molecule has 212 valence electrons. The van der Waals surface area contributed by atoms with Gasteiger partial charge >= 0.3 is 6.36 Å². The molecule has 40 heavy (non-hydrogen) atoms. The number of hydrogen-bond acceptors (Lipinski definition) is 5. The fourth-order valence-electron chi connectivity index (χ4n) is 4.38. The molecular formula is C29H29ClF3N3O4. The van der Waals surface area contributed by atoms with Crippen molar-refractivity contribution in [2.75, 3.05) is 38.2 Å². The highest BCUT2D eigenvalue weighted by atomic mass is 35.5. The highest BCUT2D eigenvalue weighted by Crippen LogP contribution is 2.27. The van der Waals surface area contributed by atoms with E-state index in [1.54, 1.807) is 29.2 Å². The summed E-state index contributed by atoms with van der Waals surface area (Å²) in [5.74, 6) is -1.58. The number of carbonyl (C=O) groups is 2. The van der Waals surface area contributed by atoms with E-state index in [4.69, 9.17) is 16.3 Å². The molecule has 3 aromatic rings. The van der Waals surface area contributed by atoms with E-state index in [-0.39, 0.29) is 30.5 Å². The molecule has 0 aliphatic carbocycles. The van der Waals surface area contributed by atoms with Gasteiger partial charge in [0.25, 0.3) is 0 Å². The number of carbonyl (C=O) groups excluding carboxylic acids is 2. The Bertz CT molecular complexity index is 1250. The van der Waals surface area contributed by atoms with Crippen LogP contribution >= 0.6 is 11.6 Å². The van der Waals surface area contributed by atoms with E-state index in [2.05, 4.69) is 15.4 Å². The summed E-state index contributed by atoms with van der Waals surface area (Å²) in [6.07, 6.45) is -4.80. The number of morpholine rings is 1. The topological polar surface area (TPSA) is 79.9 Å². The standard InChI is InChI=1S/C29H29ClF3N3O4/c30-22-8-6-20(7-9-22)25(18-27(37)36-14-16-39-17-15-36)28(38)35-26(21-4-2-1-3-5-21)19-34-23-10-12-24(13-11-23)40-29(31,32)33/h1-13,25-26,34H,14-19H2,(H,35,38)/t25-,26-/m1/s1. The van der Waals surface area contributed by atoms with Crippen molar-refractivity contribution in [1.29, 1.82) is 0 Å². The van der Waals surface area contributed by atoms with Gasteiger partial charge in [-0.3, -0.25) is 9.59 Å². The fourth-order valence-corrected chi connectivity index (χ4v) is 4.50. The van der Waals surface area contributed by atoms with E-state index >= 15 is 0 Å². The second kappa shape index (κ2) is 13.5. The fraction of sp³-hybridized carbons (Fsp3) is 0.310. The second-order valence-electron chi connectivity index (χ2n) is 9.23. The normalized spacial score (nSPS) is 15.2. The molecule has 0 bridgehead atoms. The molecule has 2 amide bonds. The van der Waals surface area contributed by atoms with Crippen molar-refractivity contribution in [3.8, 4) is 5.75 Å². The van der Waals surface area contributed by atoms with E-state index in [9.17, 15) is 22.8 Å². The molecule has 7 nitrogen and oxygen atoms in total. The minimum absolute atomic E-state index is 0.0247. The summed E-state index contributed by atoms with van der Waals surface area (Å²) >= 11 is 6.07. The highest BCUT2D eigenvalue weighted by Gasteiger charge is 2.31. The van der Waals surface area contributed by atoms with Crippen LogP contribution in [-0.2, 0) is 14.3 Å². The zero-order valence-corrected chi connectivity index (χ0v) is 22.3. The zero-order valence-electron chi connectivity index (χ0n) is 21.5. The molecule has 0 saturated carbocycles. The first-order valence-corrected chi connectivity index (χ1v) is 13.1. The van der Waals surface area contributed by atoms with Crippen LogP contribution in [0.15, 0.2) is 78.9 Å². The Kier molecular flexibility index (Phi) is 9.89. The summed E-state index contributed by atoms with van der Waals surface area (Å²) < 4.78 is 46.7. The number of nitrogens with one attached hydrogen (secondary N) is 2. The number of hydrogen-bond donors (Lipinski definition) is 2. The average Bonchev–Trinajstić information content (AvgIpc) is 2.95. The van der Waals surface area contributed by atoms with E-state index in [0.29, 0.717) is 42.6 Å². The average molecular weight is 576 g/mol. The summed E-state index contributed by atoms with van der Waals surface area (Å²) in [5, 5.41) is 6.74. The van der Waals surface area contributed by atoms with Crippen molar-refractivity contribution in [2.24, 2.45) is 0 Å². The molecule has 2 atom stereocenters. The minimum atomic E-state index is -4.78. The molecule has 0 unspecified atom stereocenters. The van der Waals surface area contributed by atoms with Crippen LogP contribution in [0, 0.1) is 0 Å². The van der Waals surface area contributed by atoms with Crippen LogP contribution < -0.4 is 15.4 Å². The second-order valence-corrected chi connectivity index (χ2v) is 9.66. The van der Waals surface area contributed by atoms with Crippen molar-refractivity contribution in [2.45, 2.75) is 24.7 Å². The van der Waals surface area contributed by atoms with Gasteiger partial charge in [-0.05, 0) is 47.5 Å². The molecule has 3 aromatic carbocycles. The van der Waals surface area contributed by atoms with Crippen molar-refractivity contribution in [1.82, 2.24) is 10.2 Å². The lowest BCUT2D eigenvalue weighted by atomic mass is 9.93. The van der Waals surface area contributed by atoms with Gasteiger partial charge in [0.15, 0.2) is 0 Å². The molecule has 0 aromatic heterocycles. The number of benzene rings is 3. The third-order valence-corrected chi connectivity index (χ3v) is 6.70. The van der Waals surface area contributed by atoms with Gasteiger partial charge in [0.2, 0.25) is 11.8 Å². The predicted molar refractivity (Wildman–Crippen MR) is 145 cm³/mol. The molecule has 1 heterocycles. The smallest absolute Gasteiger partial charge is 0.406 e. The van der Waals surface area contributed by atoms with Crippen molar-refractivity contribution in [3.05, 3.63) is 95.0 Å². The number of ether oxygens (including phenoxy) is 2. The largest absolute Gasteiger partial charge is 0.573 e. The number of halogens is 4. The van der Waals surface area contributed by atoms with Gasteiger partial charge in [0.05, 0.1) is 25.2 Å². The van der Waals surface area contributed by atoms with Gasteiger partial charge in [-0.15, -0.1) is 13.2 Å². The van der Waals surface area contributed by atoms with Gasteiger partial charge in [0.1, 0.15) is 5.75 Å². The molecule has 1 saturated heterocycles. The lowest BCUT2D eigenvalue weighted by Crippen LogP contribution is -2.43. The first-order valence-electron chi connectivity index (χ1n) is 12.7. The molecule has 1 aliphatic rings. The third kappa shape index (κ3) is 8.62. The molecule has 2 N–H and O–H groups in total. The maximum Gasteiger partial charge on any atom is 0.573 e. The number of amides is 2. The number of nitrogens with zero attached hydrogens (tertiary/aromatic N) is 1. The van der Waals surface area contributed by atoms with Crippen LogP contribution in [0.25, 0.3) is 0 Å². The highest BCUT2D eigenvalue weighted by molar-refractivity contribution is 6.30. The Morgan fingerprint density at radius 3 is 2.20 bits per heavy atom. The summed E-state index contributed by atoms with van der Waals surface area (Å²) in [6, 6.07) is 20.9. The van der Waals surface area contributed by atoms with E-state index in [1.807, 2.05) is 30.3 Å². The first kappa shape index (κ1) is 29.2. The van der Waals surface area contributed by atoms with Crippen molar-refractivity contribution < 1.29 is 32.2 Å². The molecule has 0 radical (unpaired) electrons. The van der Waals surface area contributed by atoms with Crippen LogP contribution in [-0.4, -0.2) is 55.9 Å². The number of alkyl halides is 3. The van der Waals surface area contributed by atoms with Crippen molar-refractivity contribution in [3.63, 3.8) is 0 Å². The summed E-state index contributed by atoms with van der Waals surface area (Å²) in [7, 11) is 0. The van der Waals surface area contributed by atoms with E-state index < -0.39 is 18.3 Å². The van der Waals surface area contributed by atoms with Gasteiger partial charge in [-0.1, -0.05) is 54.1 Å². The molecule has 1 fully saturated rings. The summed E-state index contributed by atoms with van der Waals surface area (Å²) in [6.45, 7) is 2.08. The summed E-state index contributed by atoms with van der Waals surface area (Å²) in [5.41, 5.74) is 2.01.